The molecule has 0 atom stereocenters. The zero-order valence-corrected chi connectivity index (χ0v) is 13.1. The van der Waals surface area contributed by atoms with E-state index in [0.717, 1.165) is 10.0 Å². The van der Waals surface area contributed by atoms with Gasteiger partial charge in [0.1, 0.15) is 6.61 Å². The lowest BCUT2D eigenvalue weighted by Gasteiger charge is -2.09. The van der Waals surface area contributed by atoms with Gasteiger partial charge in [0.05, 0.1) is 24.1 Å². The molecule has 0 saturated heterocycles. The molecule has 2 aromatic rings. The van der Waals surface area contributed by atoms with E-state index in [0.29, 0.717) is 12.5 Å². The minimum absolute atomic E-state index is 0.258. The molecule has 0 fully saturated rings. The highest BCUT2D eigenvalue weighted by molar-refractivity contribution is 9.10. The molecule has 0 aliphatic carbocycles. The summed E-state index contributed by atoms with van der Waals surface area (Å²) in [6, 6.07) is 9.20. The summed E-state index contributed by atoms with van der Waals surface area (Å²) in [5.74, 6) is -0.161. The lowest BCUT2D eigenvalue weighted by molar-refractivity contribution is 0.0527. The molecule has 0 unspecified atom stereocenters. The fraction of sp³-hybridized carbons (Fsp3) is 0.200. The summed E-state index contributed by atoms with van der Waals surface area (Å²) >= 11 is 3.45. The minimum atomic E-state index is -0.483. The molecule has 0 saturated carbocycles. The van der Waals surface area contributed by atoms with Gasteiger partial charge in [-0.25, -0.2) is 9.78 Å². The first-order valence-corrected chi connectivity index (χ1v) is 7.20. The van der Waals surface area contributed by atoms with E-state index in [1.807, 2.05) is 24.3 Å². The molecule has 1 aromatic carbocycles. The first-order valence-electron chi connectivity index (χ1n) is 6.40. The van der Waals surface area contributed by atoms with Crippen LogP contribution in [-0.4, -0.2) is 17.6 Å². The summed E-state index contributed by atoms with van der Waals surface area (Å²) in [5.41, 5.74) is 7.23. The summed E-state index contributed by atoms with van der Waals surface area (Å²) < 4.78 is 11.5. The van der Waals surface area contributed by atoms with Gasteiger partial charge >= 0.3 is 5.97 Å². The van der Waals surface area contributed by atoms with Crippen molar-refractivity contribution >= 4 is 27.6 Å². The molecule has 6 heteroatoms. The number of hydrogen-bond acceptors (Lipinski definition) is 5. The maximum atomic E-state index is 11.8. The van der Waals surface area contributed by atoms with E-state index in [-0.39, 0.29) is 17.9 Å². The molecular formula is C15H15BrN2O3. The second kappa shape index (κ2) is 7.08. The quantitative estimate of drug-likeness (QED) is 0.838. The standard InChI is InChI=1S/C15H15BrN2O3/c1-2-20-15(19)11-7-14(18-8-13(11)17)21-9-10-5-3-4-6-12(10)16/h3-8H,2,9,17H2,1H3. The molecule has 21 heavy (non-hydrogen) atoms. The van der Waals surface area contributed by atoms with Crippen LogP contribution in [0, 0.1) is 0 Å². The lowest BCUT2D eigenvalue weighted by Crippen LogP contribution is -2.09. The van der Waals surface area contributed by atoms with Crippen LogP contribution in [0.2, 0.25) is 0 Å². The third-order valence-electron chi connectivity index (χ3n) is 2.74. The van der Waals surface area contributed by atoms with E-state index in [9.17, 15) is 4.79 Å². The average Bonchev–Trinajstić information content (AvgIpc) is 2.48. The van der Waals surface area contributed by atoms with Gasteiger partial charge in [0.2, 0.25) is 5.88 Å². The normalized spacial score (nSPS) is 10.2. The van der Waals surface area contributed by atoms with Crippen LogP contribution in [0.25, 0.3) is 0 Å². The number of nitrogens with zero attached hydrogens (tertiary/aromatic N) is 1. The summed E-state index contributed by atoms with van der Waals surface area (Å²) in [6.45, 7) is 2.36. The average molecular weight is 351 g/mol. The second-order valence-corrected chi connectivity index (χ2v) is 5.06. The SMILES string of the molecule is CCOC(=O)c1cc(OCc2ccccc2Br)ncc1N. The number of nitrogens with two attached hydrogens (primary N) is 1. The Morgan fingerprint density at radius 1 is 1.38 bits per heavy atom. The number of rotatable bonds is 5. The number of pyridine rings is 1. The fourth-order valence-electron chi connectivity index (χ4n) is 1.68. The smallest absolute Gasteiger partial charge is 0.340 e. The van der Waals surface area contributed by atoms with E-state index in [4.69, 9.17) is 15.2 Å². The van der Waals surface area contributed by atoms with Gasteiger partial charge in [0.15, 0.2) is 0 Å². The van der Waals surface area contributed by atoms with Crippen LogP contribution in [-0.2, 0) is 11.3 Å². The molecule has 2 rings (SSSR count). The number of anilines is 1. The maximum absolute atomic E-state index is 11.8. The summed E-state index contributed by atoms with van der Waals surface area (Å²) in [4.78, 5) is 15.8. The molecule has 0 amide bonds. The zero-order chi connectivity index (χ0) is 15.2. The van der Waals surface area contributed by atoms with Crippen molar-refractivity contribution in [2.24, 2.45) is 0 Å². The Bertz CT molecular complexity index is 647. The van der Waals surface area contributed by atoms with Crippen molar-refractivity contribution in [3.05, 3.63) is 52.1 Å². The highest BCUT2D eigenvalue weighted by atomic mass is 79.9. The number of halogens is 1. The third-order valence-corrected chi connectivity index (χ3v) is 3.51. The van der Waals surface area contributed by atoms with Gasteiger partial charge in [-0.15, -0.1) is 0 Å². The molecule has 0 aliphatic rings. The van der Waals surface area contributed by atoms with Crippen LogP contribution < -0.4 is 10.5 Å². The third kappa shape index (κ3) is 3.95. The molecule has 1 aromatic heterocycles. The van der Waals surface area contributed by atoms with Gasteiger partial charge in [-0.1, -0.05) is 34.1 Å². The van der Waals surface area contributed by atoms with E-state index in [1.165, 1.54) is 12.3 Å². The molecule has 0 radical (unpaired) electrons. The number of hydrogen-bond donors (Lipinski definition) is 1. The Morgan fingerprint density at radius 3 is 2.86 bits per heavy atom. The fourth-order valence-corrected chi connectivity index (χ4v) is 2.08. The van der Waals surface area contributed by atoms with Crippen LogP contribution in [0.5, 0.6) is 5.88 Å². The number of carbonyl (C=O) groups is 1. The van der Waals surface area contributed by atoms with Crippen LogP contribution in [0.4, 0.5) is 5.69 Å². The highest BCUT2D eigenvalue weighted by Crippen LogP contribution is 2.21. The Labute approximate surface area is 131 Å². The molecule has 0 bridgehead atoms. The van der Waals surface area contributed by atoms with Crippen molar-refractivity contribution < 1.29 is 14.3 Å². The van der Waals surface area contributed by atoms with Crippen molar-refractivity contribution in [2.45, 2.75) is 13.5 Å². The van der Waals surface area contributed by atoms with E-state index in [2.05, 4.69) is 20.9 Å². The first-order chi connectivity index (χ1) is 10.1. The van der Waals surface area contributed by atoms with Gasteiger partial charge < -0.3 is 15.2 Å². The maximum Gasteiger partial charge on any atom is 0.340 e. The summed E-state index contributed by atoms with van der Waals surface area (Å²) in [5, 5.41) is 0. The van der Waals surface area contributed by atoms with Crippen molar-refractivity contribution in [3.63, 3.8) is 0 Å². The molecule has 0 aliphatic heterocycles. The van der Waals surface area contributed by atoms with Gasteiger partial charge in [0, 0.05) is 16.1 Å². The predicted molar refractivity (Wildman–Crippen MR) is 83.1 cm³/mol. The predicted octanol–water partition coefficient (Wildman–Crippen LogP) is 3.18. The van der Waals surface area contributed by atoms with Gasteiger partial charge in [-0.3, -0.25) is 0 Å². The van der Waals surface area contributed by atoms with E-state index < -0.39 is 5.97 Å². The molecule has 2 N–H and O–H groups in total. The number of aromatic nitrogens is 1. The number of nitrogen functional groups attached to an aromatic ring is 1. The highest BCUT2D eigenvalue weighted by Gasteiger charge is 2.13. The molecule has 0 spiro atoms. The lowest BCUT2D eigenvalue weighted by atomic mass is 10.2. The van der Waals surface area contributed by atoms with E-state index in [1.54, 1.807) is 6.92 Å². The van der Waals surface area contributed by atoms with Crippen LogP contribution in [0.15, 0.2) is 41.0 Å². The van der Waals surface area contributed by atoms with Crippen molar-refractivity contribution in [2.75, 3.05) is 12.3 Å². The number of ether oxygens (including phenoxy) is 2. The van der Waals surface area contributed by atoms with Crippen LogP contribution >= 0.6 is 15.9 Å². The minimum Gasteiger partial charge on any atom is -0.473 e. The van der Waals surface area contributed by atoms with Crippen LogP contribution in [0.1, 0.15) is 22.8 Å². The van der Waals surface area contributed by atoms with Crippen molar-refractivity contribution in [1.82, 2.24) is 4.98 Å². The molecule has 110 valence electrons. The molecule has 1 heterocycles. The Hall–Kier alpha value is -2.08. The Kier molecular flexibility index (Phi) is 5.16. The molecule has 5 nitrogen and oxygen atoms in total. The van der Waals surface area contributed by atoms with Gasteiger partial charge in [0.25, 0.3) is 0 Å². The largest absolute Gasteiger partial charge is 0.473 e. The molecular weight excluding hydrogens is 336 g/mol. The van der Waals surface area contributed by atoms with Gasteiger partial charge in [-0.2, -0.15) is 0 Å². The topological polar surface area (TPSA) is 74.4 Å². The van der Waals surface area contributed by atoms with Crippen molar-refractivity contribution in [1.29, 1.82) is 0 Å². The van der Waals surface area contributed by atoms with Gasteiger partial charge in [-0.05, 0) is 13.0 Å². The Balaban J connectivity index is 2.12. The van der Waals surface area contributed by atoms with Crippen molar-refractivity contribution in [3.8, 4) is 5.88 Å². The first kappa shape index (κ1) is 15.3. The number of carbonyl (C=O) groups excluding carboxylic acids is 1. The number of esters is 1. The monoisotopic (exact) mass is 350 g/mol. The van der Waals surface area contributed by atoms with Crippen LogP contribution in [0.3, 0.4) is 0 Å². The summed E-state index contributed by atoms with van der Waals surface area (Å²) in [7, 11) is 0. The number of benzene rings is 1. The second-order valence-electron chi connectivity index (χ2n) is 4.21. The van der Waals surface area contributed by atoms with E-state index >= 15 is 0 Å². The Morgan fingerprint density at radius 2 is 2.14 bits per heavy atom. The summed E-state index contributed by atoms with van der Waals surface area (Å²) in [6.07, 6.45) is 1.39. The zero-order valence-electron chi connectivity index (χ0n) is 11.5.